The lowest BCUT2D eigenvalue weighted by molar-refractivity contribution is 0.0179. The van der Waals surface area contributed by atoms with Gasteiger partial charge in [-0.05, 0) is 18.4 Å². The molecule has 1 aromatic rings. The lowest BCUT2D eigenvalue weighted by Crippen LogP contribution is -2.42. The summed E-state index contributed by atoms with van der Waals surface area (Å²) >= 11 is 0. The molecular formula is C19H31IN4O. The molecule has 2 aliphatic heterocycles. The van der Waals surface area contributed by atoms with Crippen molar-refractivity contribution in [3.63, 3.8) is 0 Å². The van der Waals surface area contributed by atoms with E-state index in [0.717, 1.165) is 39.4 Å². The predicted octanol–water partition coefficient (Wildman–Crippen LogP) is 2.87. The molecule has 0 saturated carbocycles. The van der Waals surface area contributed by atoms with Gasteiger partial charge >= 0.3 is 0 Å². The van der Waals surface area contributed by atoms with Crippen LogP contribution >= 0.6 is 24.0 Å². The van der Waals surface area contributed by atoms with Crippen molar-refractivity contribution in [1.82, 2.24) is 9.80 Å². The fraction of sp³-hybridized carbons (Fsp3) is 0.632. The van der Waals surface area contributed by atoms with Gasteiger partial charge < -0.3 is 15.4 Å². The third kappa shape index (κ3) is 6.11. The summed E-state index contributed by atoms with van der Waals surface area (Å²) in [5.41, 5.74) is 7.62. The van der Waals surface area contributed by atoms with Crippen LogP contribution in [0.25, 0.3) is 0 Å². The number of ether oxygens (including phenoxy) is 1. The number of hydrogen-bond acceptors (Lipinski definition) is 3. The summed E-state index contributed by atoms with van der Waals surface area (Å²) in [4.78, 5) is 9.51. The molecular weight excluding hydrogens is 427 g/mol. The fourth-order valence-electron chi connectivity index (χ4n) is 3.58. The van der Waals surface area contributed by atoms with E-state index in [4.69, 9.17) is 15.5 Å². The lowest BCUT2D eigenvalue weighted by atomic mass is 10.1. The molecule has 0 spiro atoms. The van der Waals surface area contributed by atoms with E-state index in [2.05, 4.69) is 40.1 Å². The van der Waals surface area contributed by atoms with E-state index in [1.807, 2.05) is 0 Å². The Hall–Kier alpha value is -0.860. The Kier molecular flexibility index (Phi) is 8.98. The summed E-state index contributed by atoms with van der Waals surface area (Å²) < 4.78 is 5.51. The van der Waals surface area contributed by atoms with E-state index in [1.165, 1.54) is 31.2 Å². The van der Waals surface area contributed by atoms with Crippen LogP contribution in [0, 0.1) is 0 Å². The summed E-state index contributed by atoms with van der Waals surface area (Å²) in [7, 11) is 0. The van der Waals surface area contributed by atoms with Crippen LogP contribution in [-0.2, 0) is 4.74 Å². The molecule has 0 radical (unpaired) electrons. The zero-order valence-electron chi connectivity index (χ0n) is 15.0. The Labute approximate surface area is 168 Å². The van der Waals surface area contributed by atoms with Crippen LogP contribution < -0.4 is 5.73 Å². The minimum Gasteiger partial charge on any atom is -0.379 e. The molecule has 6 heteroatoms. The van der Waals surface area contributed by atoms with Crippen molar-refractivity contribution in [2.45, 2.75) is 31.7 Å². The molecule has 2 N–H and O–H groups in total. The van der Waals surface area contributed by atoms with Crippen molar-refractivity contribution < 1.29 is 4.74 Å². The Morgan fingerprint density at radius 3 is 2.28 bits per heavy atom. The molecule has 0 amide bonds. The third-order valence-electron chi connectivity index (χ3n) is 5.03. The Bertz CT molecular complexity index is 511. The number of nitrogens with two attached hydrogens (primary N) is 1. The second-order valence-corrected chi connectivity index (χ2v) is 6.67. The Morgan fingerprint density at radius 2 is 1.64 bits per heavy atom. The first-order valence-corrected chi connectivity index (χ1v) is 9.26. The van der Waals surface area contributed by atoms with Gasteiger partial charge in [-0.15, -0.1) is 24.0 Å². The highest BCUT2D eigenvalue weighted by Gasteiger charge is 2.22. The third-order valence-corrected chi connectivity index (χ3v) is 5.03. The van der Waals surface area contributed by atoms with Crippen molar-refractivity contribution in [3.8, 4) is 0 Å². The maximum absolute atomic E-state index is 6.31. The SMILES string of the molecule is I.NC(=NCC(c1ccccc1)N1CCOCC1)N1CCCCCC1. The highest BCUT2D eigenvalue weighted by Crippen LogP contribution is 2.22. The number of hydrogen-bond donors (Lipinski definition) is 1. The summed E-state index contributed by atoms with van der Waals surface area (Å²) in [6, 6.07) is 10.9. The smallest absolute Gasteiger partial charge is 0.191 e. The Morgan fingerprint density at radius 1 is 1.00 bits per heavy atom. The second-order valence-electron chi connectivity index (χ2n) is 6.67. The van der Waals surface area contributed by atoms with Gasteiger partial charge in [-0.3, -0.25) is 9.89 Å². The maximum Gasteiger partial charge on any atom is 0.191 e. The van der Waals surface area contributed by atoms with Crippen LogP contribution in [0.15, 0.2) is 35.3 Å². The van der Waals surface area contributed by atoms with Gasteiger partial charge in [0.05, 0.1) is 25.8 Å². The van der Waals surface area contributed by atoms with Gasteiger partial charge in [0.25, 0.3) is 0 Å². The molecule has 2 heterocycles. The van der Waals surface area contributed by atoms with Crippen molar-refractivity contribution in [3.05, 3.63) is 35.9 Å². The molecule has 5 nitrogen and oxygen atoms in total. The minimum atomic E-state index is 0. The van der Waals surface area contributed by atoms with E-state index >= 15 is 0 Å². The first kappa shape index (κ1) is 20.5. The fourth-order valence-corrected chi connectivity index (χ4v) is 3.58. The summed E-state index contributed by atoms with van der Waals surface area (Å²) in [6.07, 6.45) is 5.07. The standard InChI is InChI=1S/C19H30N4O.HI/c20-19(23-10-6-1-2-7-11-23)21-16-18(17-8-4-3-5-9-17)22-12-14-24-15-13-22;/h3-5,8-9,18H,1-2,6-7,10-16H2,(H2,20,21);1H. The average Bonchev–Trinajstić information content (AvgIpc) is 2.93. The number of guanidine groups is 1. The van der Waals surface area contributed by atoms with Gasteiger partial charge in [0, 0.05) is 26.2 Å². The predicted molar refractivity (Wildman–Crippen MR) is 114 cm³/mol. The molecule has 1 unspecified atom stereocenters. The number of nitrogens with zero attached hydrogens (tertiary/aromatic N) is 3. The van der Waals surface area contributed by atoms with Gasteiger partial charge in [0.15, 0.2) is 5.96 Å². The van der Waals surface area contributed by atoms with Gasteiger partial charge in [0.1, 0.15) is 0 Å². The van der Waals surface area contributed by atoms with Gasteiger partial charge in [0.2, 0.25) is 0 Å². The number of likely N-dealkylation sites (tertiary alicyclic amines) is 1. The second kappa shape index (κ2) is 11.0. The molecule has 0 aromatic heterocycles. The van der Waals surface area contributed by atoms with Crippen LogP contribution in [0.1, 0.15) is 37.3 Å². The molecule has 1 aromatic carbocycles. The first-order chi connectivity index (χ1) is 11.8. The van der Waals surface area contributed by atoms with Crippen LogP contribution in [0.5, 0.6) is 0 Å². The minimum absolute atomic E-state index is 0. The molecule has 2 fully saturated rings. The average molecular weight is 458 g/mol. The molecule has 1 atom stereocenters. The van der Waals surface area contributed by atoms with Crippen LogP contribution in [0.2, 0.25) is 0 Å². The van der Waals surface area contributed by atoms with Crippen molar-refractivity contribution in [1.29, 1.82) is 0 Å². The van der Waals surface area contributed by atoms with Crippen molar-refractivity contribution in [2.24, 2.45) is 10.7 Å². The lowest BCUT2D eigenvalue weighted by Gasteiger charge is -2.34. The molecule has 2 aliphatic rings. The van der Waals surface area contributed by atoms with Crippen molar-refractivity contribution >= 4 is 29.9 Å². The number of benzene rings is 1. The van der Waals surface area contributed by atoms with E-state index < -0.39 is 0 Å². The van der Waals surface area contributed by atoms with Gasteiger partial charge in [-0.1, -0.05) is 43.2 Å². The van der Waals surface area contributed by atoms with Crippen molar-refractivity contribution in [2.75, 3.05) is 45.9 Å². The van der Waals surface area contributed by atoms with Crippen LogP contribution in [0.3, 0.4) is 0 Å². The zero-order chi connectivity index (χ0) is 16.6. The van der Waals surface area contributed by atoms with E-state index in [9.17, 15) is 0 Å². The number of aliphatic imine (C=N–C) groups is 1. The quantitative estimate of drug-likeness (QED) is 0.429. The Balaban J connectivity index is 0.00000225. The summed E-state index contributed by atoms with van der Waals surface area (Å²) in [5.74, 6) is 0.714. The molecule has 0 aliphatic carbocycles. The molecule has 25 heavy (non-hydrogen) atoms. The van der Waals surface area contributed by atoms with E-state index in [-0.39, 0.29) is 30.0 Å². The highest BCUT2D eigenvalue weighted by molar-refractivity contribution is 14.0. The molecule has 0 bridgehead atoms. The van der Waals surface area contributed by atoms with Crippen LogP contribution in [0.4, 0.5) is 0 Å². The molecule has 3 rings (SSSR count). The largest absolute Gasteiger partial charge is 0.379 e. The topological polar surface area (TPSA) is 54.1 Å². The van der Waals surface area contributed by atoms with E-state index in [0.29, 0.717) is 12.5 Å². The first-order valence-electron chi connectivity index (χ1n) is 9.26. The van der Waals surface area contributed by atoms with E-state index in [1.54, 1.807) is 0 Å². The maximum atomic E-state index is 6.31. The number of halogens is 1. The van der Waals surface area contributed by atoms with Gasteiger partial charge in [-0.25, -0.2) is 0 Å². The zero-order valence-corrected chi connectivity index (χ0v) is 17.3. The highest BCUT2D eigenvalue weighted by atomic mass is 127. The summed E-state index contributed by atoms with van der Waals surface area (Å²) in [5, 5.41) is 0. The monoisotopic (exact) mass is 458 g/mol. The summed E-state index contributed by atoms with van der Waals surface area (Å²) in [6.45, 7) is 6.32. The van der Waals surface area contributed by atoms with Gasteiger partial charge in [-0.2, -0.15) is 0 Å². The normalized spacial score (nSPS) is 21.3. The number of morpholine rings is 1. The molecule has 2 saturated heterocycles. The van der Waals surface area contributed by atoms with Crippen LogP contribution in [-0.4, -0.2) is 61.7 Å². The molecule has 140 valence electrons. The number of rotatable bonds is 4.